The van der Waals surface area contributed by atoms with Gasteiger partial charge < -0.3 is 15.5 Å². The first-order chi connectivity index (χ1) is 9.97. The molecule has 0 aromatic heterocycles. The van der Waals surface area contributed by atoms with E-state index in [-0.39, 0.29) is 24.0 Å². The van der Waals surface area contributed by atoms with Gasteiger partial charge in [0.2, 0.25) is 5.91 Å². The van der Waals surface area contributed by atoms with Crippen LogP contribution in [0.3, 0.4) is 0 Å². The molecule has 2 N–H and O–H groups in total. The number of nitrogens with one attached hydrogen (secondary N) is 2. The monoisotopic (exact) mass is 289 g/mol. The highest BCUT2D eigenvalue weighted by molar-refractivity contribution is 5.94. The molecule has 114 valence electrons. The molecule has 1 aromatic carbocycles. The van der Waals surface area contributed by atoms with E-state index in [9.17, 15) is 9.59 Å². The van der Waals surface area contributed by atoms with Crippen molar-refractivity contribution in [2.45, 2.75) is 45.7 Å². The van der Waals surface area contributed by atoms with E-state index in [1.54, 1.807) is 4.90 Å². The fraction of sp³-hybridized carbons (Fsp3) is 0.500. The number of amides is 3. The predicted molar refractivity (Wildman–Crippen MR) is 83.2 cm³/mol. The topological polar surface area (TPSA) is 61.4 Å². The Kier molecular flexibility index (Phi) is 4.83. The molecule has 0 saturated carbocycles. The number of aryl methyl sites for hydroxylation is 1. The second-order valence-electron chi connectivity index (χ2n) is 5.81. The quantitative estimate of drug-likeness (QED) is 0.898. The van der Waals surface area contributed by atoms with Crippen molar-refractivity contribution in [2.75, 3.05) is 11.9 Å². The number of rotatable bonds is 3. The number of hydrogen-bond donors (Lipinski definition) is 2. The third-order valence-electron chi connectivity index (χ3n) is 3.55. The Hall–Kier alpha value is -2.04. The van der Waals surface area contributed by atoms with Gasteiger partial charge in [-0.1, -0.05) is 17.7 Å². The smallest absolute Gasteiger partial charge is 0.322 e. The van der Waals surface area contributed by atoms with Crippen LogP contribution in [-0.4, -0.2) is 35.5 Å². The van der Waals surface area contributed by atoms with Crippen LogP contribution in [0.5, 0.6) is 0 Å². The Labute approximate surface area is 125 Å². The molecule has 1 aromatic rings. The van der Waals surface area contributed by atoms with Crippen molar-refractivity contribution in [3.05, 3.63) is 29.8 Å². The summed E-state index contributed by atoms with van der Waals surface area (Å²) in [5.41, 5.74) is 1.89. The van der Waals surface area contributed by atoms with Gasteiger partial charge in [-0.2, -0.15) is 0 Å². The molecular weight excluding hydrogens is 266 g/mol. The average Bonchev–Trinajstić information content (AvgIpc) is 2.90. The molecule has 2 rings (SSSR count). The molecule has 0 aliphatic carbocycles. The van der Waals surface area contributed by atoms with Crippen molar-refractivity contribution in [3.8, 4) is 0 Å². The Balaban J connectivity index is 2.00. The van der Waals surface area contributed by atoms with Gasteiger partial charge in [-0.05, 0) is 45.7 Å². The highest BCUT2D eigenvalue weighted by atomic mass is 16.2. The van der Waals surface area contributed by atoms with Gasteiger partial charge in [0.1, 0.15) is 6.04 Å². The Morgan fingerprint density at radius 1 is 1.24 bits per heavy atom. The maximum Gasteiger partial charge on any atom is 0.322 e. The summed E-state index contributed by atoms with van der Waals surface area (Å²) in [7, 11) is 0. The molecule has 0 bridgehead atoms. The standard InChI is InChI=1S/C16H23N3O2/c1-11(2)17-15(20)14-5-4-10-19(14)16(21)18-13-8-6-12(3)7-9-13/h6-9,11,14H,4-5,10H2,1-3H3,(H,17,20)(H,18,21)/t14-/m0/s1. The fourth-order valence-electron chi connectivity index (χ4n) is 2.50. The Morgan fingerprint density at radius 3 is 2.52 bits per heavy atom. The molecule has 1 atom stereocenters. The number of benzene rings is 1. The van der Waals surface area contributed by atoms with E-state index < -0.39 is 0 Å². The molecule has 1 saturated heterocycles. The Morgan fingerprint density at radius 2 is 1.90 bits per heavy atom. The highest BCUT2D eigenvalue weighted by Crippen LogP contribution is 2.19. The molecule has 0 spiro atoms. The third-order valence-corrected chi connectivity index (χ3v) is 3.55. The molecule has 1 heterocycles. The van der Waals surface area contributed by atoms with Crippen molar-refractivity contribution in [1.82, 2.24) is 10.2 Å². The van der Waals surface area contributed by atoms with Crippen LogP contribution in [0, 0.1) is 6.92 Å². The molecule has 5 nitrogen and oxygen atoms in total. The minimum absolute atomic E-state index is 0.0680. The lowest BCUT2D eigenvalue weighted by molar-refractivity contribution is -0.125. The first-order valence-corrected chi connectivity index (χ1v) is 7.42. The van der Waals surface area contributed by atoms with Crippen LogP contribution in [0.4, 0.5) is 10.5 Å². The van der Waals surface area contributed by atoms with Crippen LogP contribution >= 0.6 is 0 Å². The van der Waals surface area contributed by atoms with Crippen molar-refractivity contribution >= 4 is 17.6 Å². The zero-order valence-corrected chi connectivity index (χ0v) is 12.8. The lowest BCUT2D eigenvalue weighted by atomic mass is 10.2. The predicted octanol–water partition coefficient (Wildman–Crippen LogP) is 2.52. The zero-order valence-electron chi connectivity index (χ0n) is 12.8. The van der Waals surface area contributed by atoms with E-state index in [0.717, 1.165) is 24.1 Å². The summed E-state index contributed by atoms with van der Waals surface area (Å²) in [6.07, 6.45) is 1.58. The van der Waals surface area contributed by atoms with Crippen LogP contribution in [0.2, 0.25) is 0 Å². The number of carbonyl (C=O) groups excluding carboxylic acids is 2. The minimum Gasteiger partial charge on any atom is -0.352 e. The van der Waals surface area contributed by atoms with E-state index in [2.05, 4.69) is 10.6 Å². The number of urea groups is 1. The maximum absolute atomic E-state index is 12.3. The van der Waals surface area contributed by atoms with E-state index in [0.29, 0.717) is 6.54 Å². The molecule has 1 aliphatic heterocycles. The third kappa shape index (κ3) is 3.97. The van der Waals surface area contributed by atoms with Crippen molar-refractivity contribution in [1.29, 1.82) is 0 Å². The van der Waals surface area contributed by atoms with E-state index in [4.69, 9.17) is 0 Å². The van der Waals surface area contributed by atoms with Gasteiger partial charge in [0, 0.05) is 18.3 Å². The molecule has 3 amide bonds. The van der Waals surface area contributed by atoms with Crippen molar-refractivity contribution in [3.63, 3.8) is 0 Å². The molecule has 1 aliphatic rings. The van der Waals surface area contributed by atoms with Gasteiger partial charge in [0.15, 0.2) is 0 Å². The number of hydrogen-bond acceptors (Lipinski definition) is 2. The average molecular weight is 289 g/mol. The van der Waals surface area contributed by atoms with Crippen molar-refractivity contribution < 1.29 is 9.59 Å². The van der Waals surface area contributed by atoms with Crippen LogP contribution in [-0.2, 0) is 4.79 Å². The maximum atomic E-state index is 12.3. The summed E-state index contributed by atoms with van der Waals surface area (Å²) < 4.78 is 0. The molecule has 0 unspecified atom stereocenters. The second-order valence-corrected chi connectivity index (χ2v) is 5.81. The summed E-state index contributed by atoms with van der Waals surface area (Å²) in [6, 6.07) is 7.14. The summed E-state index contributed by atoms with van der Waals surface area (Å²) in [6.45, 7) is 6.46. The molecule has 21 heavy (non-hydrogen) atoms. The molecular formula is C16H23N3O2. The molecule has 0 radical (unpaired) electrons. The first-order valence-electron chi connectivity index (χ1n) is 7.42. The largest absolute Gasteiger partial charge is 0.352 e. The van der Waals surface area contributed by atoms with E-state index in [1.165, 1.54) is 0 Å². The summed E-state index contributed by atoms with van der Waals surface area (Å²) in [5.74, 6) is -0.0680. The number of nitrogens with zero attached hydrogens (tertiary/aromatic N) is 1. The van der Waals surface area contributed by atoms with Crippen LogP contribution in [0.15, 0.2) is 24.3 Å². The number of anilines is 1. The second kappa shape index (κ2) is 6.61. The molecule has 1 fully saturated rings. The lowest BCUT2D eigenvalue weighted by Crippen LogP contribution is -2.48. The fourth-order valence-corrected chi connectivity index (χ4v) is 2.50. The SMILES string of the molecule is Cc1ccc(NC(=O)N2CCC[C@H]2C(=O)NC(C)C)cc1. The van der Waals surface area contributed by atoms with Crippen LogP contribution < -0.4 is 10.6 Å². The van der Waals surface area contributed by atoms with Gasteiger partial charge >= 0.3 is 6.03 Å². The Bertz CT molecular complexity index is 511. The minimum atomic E-state index is -0.363. The van der Waals surface area contributed by atoms with Crippen LogP contribution in [0.1, 0.15) is 32.3 Å². The number of carbonyl (C=O) groups is 2. The van der Waals surface area contributed by atoms with Gasteiger partial charge in [-0.15, -0.1) is 0 Å². The van der Waals surface area contributed by atoms with Crippen molar-refractivity contribution in [2.24, 2.45) is 0 Å². The number of likely N-dealkylation sites (tertiary alicyclic amines) is 1. The molecule has 5 heteroatoms. The zero-order chi connectivity index (χ0) is 15.4. The lowest BCUT2D eigenvalue weighted by Gasteiger charge is -2.25. The van der Waals surface area contributed by atoms with Gasteiger partial charge in [-0.25, -0.2) is 4.79 Å². The highest BCUT2D eigenvalue weighted by Gasteiger charge is 2.34. The summed E-state index contributed by atoms with van der Waals surface area (Å²) >= 11 is 0. The van der Waals surface area contributed by atoms with Gasteiger partial charge in [0.25, 0.3) is 0 Å². The van der Waals surface area contributed by atoms with E-state index >= 15 is 0 Å². The van der Waals surface area contributed by atoms with Gasteiger partial charge in [-0.3, -0.25) is 4.79 Å². The summed E-state index contributed by atoms with van der Waals surface area (Å²) in [5, 5.41) is 5.74. The normalized spacial score (nSPS) is 17.9. The summed E-state index contributed by atoms with van der Waals surface area (Å²) in [4.78, 5) is 26.1. The van der Waals surface area contributed by atoms with Gasteiger partial charge in [0.05, 0.1) is 0 Å². The van der Waals surface area contributed by atoms with Crippen LogP contribution in [0.25, 0.3) is 0 Å². The first kappa shape index (κ1) is 15.4. The van der Waals surface area contributed by atoms with E-state index in [1.807, 2.05) is 45.0 Å².